The third kappa shape index (κ3) is 3.17. The van der Waals surface area contributed by atoms with E-state index < -0.39 is 44.0 Å². The van der Waals surface area contributed by atoms with Gasteiger partial charge in [0.05, 0.1) is 21.5 Å². The molecule has 0 aliphatic rings. The summed E-state index contributed by atoms with van der Waals surface area (Å²) < 4.78 is 13.8. The Morgan fingerprint density at radius 3 is 2.14 bits per heavy atom. The maximum atomic E-state index is 13.8. The van der Waals surface area contributed by atoms with E-state index in [1.165, 1.54) is 0 Å². The van der Waals surface area contributed by atoms with E-state index in [1.807, 2.05) is 0 Å². The molecule has 0 saturated carbocycles. The average Bonchev–Trinajstić information content (AvgIpc) is 2.36. The Morgan fingerprint density at radius 2 is 1.77 bits per heavy atom. The Kier molecular flexibility index (Phi) is 4.77. The number of rotatable bonds is 6. The van der Waals surface area contributed by atoms with Crippen LogP contribution in [0.15, 0.2) is 12.1 Å². The number of nitro benzene ring substituents is 2. The Balaban J connectivity index is 3.69. The van der Waals surface area contributed by atoms with Gasteiger partial charge in [0.15, 0.2) is 0 Å². The maximum absolute atomic E-state index is 13.8. The maximum Gasteiger partial charge on any atom is 0.311 e. The number of hydrogen-bond donors (Lipinski definition) is 2. The van der Waals surface area contributed by atoms with Gasteiger partial charge in [-0.15, -0.1) is 0 Å². The summed E-state index contributed by atoms with van der Waals surface area (Å²) in [6.07, 6.45) is -0.0829. The third-order valence-electron chi connectivity index (χ3n) is 3.11. The first kappa shape index (κ1) is 17.4. The van der Waals surface area contributed by atoms with E-state index in [1.54, 1.807) is 13.8 Å². The van der Waals surface area contributed by atoms with Crippen molar-refractivity contribution >= 4 is 17.3 Å². The highest BCUT2D eigenvalue weighted by Gasteiger charge is 2.42. The molecule has 9 nitrogen and oxygen atoms in total. The molecule has 0 saturated heterocycles. The minimum Gasteiger partial charge on any atom is -0.368 e. The first-order chi connectivity index (χ1) is 10.0. The molecular weight excluding hydrogens is 299 g/mol. The summed E-state index contributed by atoms with van der Waals surface area (Å²) >= 11 is 0. The van der Waals surface area contributed by atoms with Crippen molar-refractivity contribution in [2.24, 2.45) is 17.4 Å². The van der Waals surface area contributed by atoms with Crippen LogP contribution in [0, 0.1) is 32.0 Å². The number of carbonyl (C=O) groups excluding carboxylic acids is 1. The van der Waals surface area contributed by atoms with Gasteiger partial charge in [0, 0.05) is 0 Å². The Morgan fingerprint density at radius 1 is 1.27 bits per heavy atom. The fourth-order valence-electron chi connectivity index (χ4n) is 2.19. The molecule has 1 unspecified atom stereocenters. The van der Waals surface area contributed by atoms with Crippen molar-refractivity contribution in [2.45, 2.75) is 25.8 Å². The molecule has 10 heteroatoms. The highest BCUT2D eigenvalue weighted by molar-refractivity contribution is 5.87. The predicted molar refractivity (Wildman–Crippen MR) is 74.2 cm³/mol. The van der Waals surface area contributed by atoms with Gasteiger partial charge in [0.25, 0.3) is 5.69 Å². The van der Waals surface area contributed by atoms with Crippen molar-refractivity contribution in [3.63, 3.8) is 0 Å². The first-order valence-electron chi connectivity index (χ1n) is 6.22. The van der Waals surface area contributed by atoms with Crippen molar-refractivity contribution in [2.75, 3.05) is 0 Å². The lowest BCUT2D eigenvalue weighted by Gasteiger charge is -2.27. The largest absolute Gasteiger partial charge is 0.368 e. The van der Waals surface area contributed by atoms with E-state index in [9.17, 15) is 29.4 Å². The summed E-state index contributed by atoms with van der Waals surface area (Å²) in [5, 5.41) is 21.8. The number of primary amides is 1. The van der Waals surface area contributed by atoms with Gasteiger partial charge in [-0.25, -0.2) is 0 Å². The third-order valence-corrected chi connectivity index (χ3v) is 3.11. The van der Waals surface area contributed by atoms with Crippen molar-refractivity contribution in [3.05, 3.63) is 43.7 Å². The van der Waals surface area contributed by atoms with E-state index in [4.69, 9.17) is 11.5 Å². The zero-order chi connectivity index (χ0) is 17.2. The van der Waals surface area contributed by atoms with Crippen LogP contribution in [0.5, 0.6) is 0 Å². The van der Waals surface area contributed by atoms with Crippen molar-refractivity contribution in [3.8, 4) is 0 Å². The van der Waals surface area contributed by atoms with Crippen LogP contribution in [0.1, 0.15) is 25.8 Å². The molecule has 1 rings (SSSR count). The van der Waals surface area contributed by atoms with Gasteiger partial charge in [-0.05, 0) is 18.4 Å². The number of benzene rings is 1. The average molecular weight is 314 g/mol. The lowest BCUT2D eigenvalue weighted by atomic mass is 9.81. The highest BCUT2D eigenvalue weighted by atomic mass is 19.1. The summed E-state index contributed by atoms with van der Waals surface area (Å²) in [4.78, 5) is 31.4. The SMILES string of the molecule is CC(C)CC(N)(C(N)=O)c1cc(F)c([N+](=O)[O-])cc1[N+](=O)[O-]. The minimum absolute atomic E-state index is 0.0829. The van der Waals surface area contributed by atoms with Gasteiger partial charge in [-0.1, -0.05) is 13.8 Å². The fourth-order valence-corrected chi connectivity index (χ4v) is 2.19. The van der Waals surface area contributed by atoms with Crippen molar-refractivity contribution in [1.82, 2.24) is 0 Å². The van der Waals surface area contributed by atoms with Gasteiger partial charge in [-0.3, -0.25) is 25.0 Å². The van der Waals surface area contributed by atoms with Crippen LogP contribution in [0.3, 0.4) is 0 Å². The molecule has 120 valence electrons. The number of nitro groups is 2. The summed E-state index contributed by atoms with van der Waals surface area (Å²) in [5.41, 5.74) is 6.71. The molecular formula is C12H15FN4O5. The molecule has 1 atom stereocenters. The van der Waals surface area contributed by atoms with E-state index in [0.29, 0.717) is 12.1 Å². The van der Waals surface area contributed by atoms with Crippen LogP contribution in [0.25, 0.3) is 0 Å². The number of amides is 1. The summed E-state index contributed by atoms with van der Waals surface area (Å²) in [6, 6.07) is 0.971. The van der Waals surface area contributed by atoms with Gasteiger partial charge < -0.3 is 11.5 Å². The molecule has 0 aliphatic carbocycles. The second-order valence-corrected chi connectivity index (χ2v) is 5.27. The second kappa shape index (κ2) is 6.02. The van der Waals surface area contributed by atoms with E-state index in [0.717, 1.165) is 0 Å². The van der Waals surface area contributed by atoms with Gasteiger partial charge in [-0.2, -0.15) is 4.39 Å². The predicted octanol–water partition coefficient (Wildman–Crippen LogP) is 1.33. The fraction of sp³-hybridized carbons (Fsp3) is 0.417. The summed E-state index contributed by atoms with van der Waals surface area (Å²) in [6.45, 7) is 3.39. The van der Waals surface area contributed by atoms with E-state index in [2.05, 4.69) is 0 Å². The topological polar surface area (TPSA) is 155 Å². The molecule has 0 fully saturated rings. The van der Waals surface area contributed by atoms with Crippen LogP contribution >= 0.6 is 0 Å². The molecule has 0 aliphatic heterocycles. The molecule has 22 heavy (non-hydrogen) atoms. The van der Waals surface area contributed by atoms with Crippen molar-refractivity contribution < 1.29 is 19.0 Å². The molecule has 0 aromatic heterocycles. The lowest BCUT2D eigenvalue weighted by molar-refractivity contribution is -0.396. The Labute approximate surface area is 124 Å². The summed E-state index contributed by atoms with van der Waals surface area (Å²) in [7, 11) is 0. The van der Waals surface area contributed by atoms with Crippen molar-refractivity contribution in [1.29, 1.82) is 0 Å². The van der Waals surface area contributed by atoms with Crippen LogP contribution in [-0.4, -0.2) is 15.8 Å². The molecule has 0 heterocycles. The molecule has 1 aromatic carbocycles. The monoisotopic (exact) mass is 314 g/mol. The normalized spacial score (nSPS) is 13.7. The smallest absolute Gasteiger partial charge is 0.311 e. The van der Waals surface area contributed by atoms with Gasteiger partial charge in [0.2, 0.25) is 11.7 Å². The molecule has 1 aromatic rings. The lowest BCUT2D eigenvalue weighted by Crippen LogP contribution is -2.50. The van der Waals surface area contributed by atoms with Gasteiger partial charge >= 0.3 is 5.69 Å². The molecule has 0 radical (unpaired) electrons. The van der Waals surface area contributed by atoms with Crippen LogP contribution in [-0.2, 0) is 10.3 Å². The van der Waals surface area contributed by atoms with E-state index in [-0.39, 0.29) is 12.3 Å². The molecule has 0 spiro atoms. The highest BCUT2D eigenvalue weighted by Crippen LogP contribution is 2.36. The quantitative estimate of drug-likeness (QED) is 0.595. The minimum atomic E-state index is -2.01. The first-order valence-corrected chi connectivity index (χ1v) is 6.22. The Hall–Kier alpha value is -2.62. The number of nitrogens with zero attached hydrogens (tertiary/aromatic N) is 2. The molecule has 0 bridgehead atoms. The van der Waals surface area contributed by atoms with Crippen LogP contribution in [0.2, 0.25) is 0 Å². The second-order valence-electron chi connectivity index (χ2n) is 5.27. The number of nitrogens with two attached hydrogens (primary N) is 2. The van der Waals surface area contributed by atoms with Crippen LogP contribution < -0.4 is 11.5 Å². The standard InChI is InChI=1S/C12H15FN4O5/c1-6(2)5-12(15,11(14)18)7-3-8(13)10(17(21)22)4-9(7)16(19)20/h3-4,6H,5,15H2,1-2H3,(H2,14,18). The molecule has 4 N–H and O–H groups in total. The summed E-state index contributed by atoms with van der Waals surface area (Å²) in [5.74, 6) is -2.60. The van der Waals surface area contributed by atoms with Gasteiger partial charge in [0.1, 0.15) is 5.54 Å². The van der Waals surface area contributed by atoms with Crippen LogP contribution in [0.4, 0.5) is 15.8 Å². The number of hydrogen-bond acceptors (Lipinski definition) is 6. The molecule has 1 amide bonds. The number of halogens is 1. The zero-order valence-electron chi connectivity index (χ0n) is 11.9. The number of carbonyl (C=O) groups is 1. The zero-order valence-corrected chi connectivity index (χ0v) is 11.9. The van der Waals surface area contributed by atoms with E-state index >= 15 is 0 Å². The Bertz CT molecular complexity index is 649.